The molecule has 0 fully saturated rings. The Bertz CT molecular complexity index is 306. The van der Waals surface area contributed by atoms with Gasteiger partial charge in [-0.1, -0.05) is 30.4 Å². The second-order valence-electron chi connectivity index (χ2n) is 7.66. The Kier molecular flexibility index (Phi) is 15.5. The van der Waals surface area contributed by atoms with Gasteiger partial charge in [-0.25, -0.2) is 0 Å². The maximum Gasteiger partial charge on any atom is 0.0780 e. The molecule has 23 heavy (non-hydrogen) atoms. The van der Waals surface area contributed by atoms with Crippen LogP contribution < -0.4 is 0 Å². The van der Waals surface area contributed by atoms with Crippen molar-refractivity contribution in [2.75, 3.05) is 27.7 Å². The predicted molar refractivity (Wildman–Crippen MR) is 107 cm³/mol. The van der Waals surface area contributed by atoms with Crippen molar-refractivity contribution in [3.8, 4) is 0 Å². The first kappa shape index (κ1) is 22.2. The molecule has 0 saturated heterocycles. The van der Waals surface area contributed by atoms with Gasteiger partial charge in [0, 0.05) is 0 Å². The maximum atomic E-state index is 3.75. The van der Waals surface area contributed by atoms with Crippen LogP contribution in [0.3, 0.4) is 0 Å². The van der Waals surface area contributed by atoms with Gasteiger partial charge in [0.05, 0.1) is 27.7 Å². The van der Waals surface area contributed by atoms with Crippen molar-refractivity contribution in [1.29, 1.82) is 0 Å². The van der Waals surface area contributed by atoms with E-state index >= 15 is 0 Å². The Morgan fingerprint density at radius 2 is 0.957 bits per heavy atom. The standard InChI is InChI=1S/C22H42N/c1-5-6-7-8-9-10-11-12-13-14-15-16-17-18-19-20-21-22-23(2,3)4/h5,10-11,16-17H,1,6-9,12-15,18-22H2,2-4H3/q+1. The highest BCUT2D eigenvalue weighted by Gasteiger charge is 2.04. The molecule has 0 bridgehead atoms. The molecule has 0 aliphatic carbocycles. The summed E-state index contributed by atoms with van der Waals surface area (Å²) in [5.41, 5.74) is 0. The molecule has 0 spiro atoms. The average molecular weight is 321 g/mol. The van der Waals surface area contributed by atoms with E-state index in [0.717, 1.165) is 10.9 Å². The lowest BCUT2D eigenvalue weighted by atomic mass is 10.1. The lowest BCUT2D eigenvalue weighted by molar-refractivity contribution is -0.870. The van der Waals surface area contributed by atoms with Crippen molar-refractivity contribution in [3.63, 3.8) is 0 Å². The van der Waals surface area contributed by atoms with Crippen LogP contribution >= 0.6 is 0 Å². The minimum Gasteiger partial charge on any atom is -0.331 e. The normalized spacial score (nSPS) is 12.5. The van der Waals surface area contributed by atoms with Crippen LogP contribution in [0.25, 0.3) is 0 Å². The molecule has 0 radical (unpaired) electrons. The molecule has 0 saturated carbocycles. The van der Waals surface area contributed by atoms with Crippen LogP contribution in [-0.2, 0) is 0 Å². The fourth-order valence-corrected chi connectivity index (χ4v) is 2.57. The molecule has 0 aromatic heterocycles. The molecule has 0 N–H and O–H groups in total. The van der Waals surface area contributed by atoms with E-state index in [9.17, 15) is 0 Å². The Morgan fingerprint density at radius 1 is 0.565 bits per heavy atom. The highest BCUT2D eigenvalue weighted by Crippen LogP contribution is 2.07. The van der Waals surface area contributed by atoms with Crippen LogP contribution in [0.1, 0.15) is 77.0 Å². The van der Waals surface area contributed by atoms with E-state index in [1.54, 1.807) is 0 Å². The summed E-state index contributed by atoms with van der Waals surface area (Å²) in [6, 6.07) is 0. The number of rotatable bonds is 16. The first-order valence-electron chi connectivity index (χ1n) is 9.77. The van der Waals surface area contributed by atoms with E-state index in [-0.39, 0.29) is 0 Å². The summed E-state index contributed by atoms with van der Waals surface area (Å²) in [7, 11) is 6.83. The monoisotopic (exact) mass is 320 g/mol. The fraction of sp³-hybridized carbons (Fsp3) is 0.727. The van der Waals surface area contributed by atoms with Gasteiger partial charge in [0.1, 0.15) is 0 Å². The highest BCUT2D eigenvalue weighted by molar-refractivity contribution is 4.84. The van der Waals surface area contributed by atoms with E-state index in [2.05, 4.69) is 52.0 Å². The van der Waals surface area contributed by atoms with Gasteiger partial charge in [-0.05, 0) is 77.0 Å². The van der Waals surface area contributed by atoms with Crippen molar-refractivity contribution in [2.24, 2.45) is 0 Å². The molecule has 0 aliphatic heterocycles. The van der Waals surface area contributed by atoms with Crippen molar-refractivity contribution < 1.29 is 4.48 Å². The second-order valence-corrected chi connectivity index (χ2v) is 7.66. The van der Waals surface area contributed by atoms with Crippen LogP contribution in [0.4, 0.5) is 0 Å². The third-order valence-corrected chi connectivity index (χ3v) is 4.05. The van der Waals surface area contributed by atoms with E-state index in [4.69, 9.17) is 0 Å². The first-order valence-corrected chi connectivity index (χ1v) is 9.77. The molecule has 1 heteroatoms. The van der Waals surface area contributed by atoms with Crippen molar-refractivity contribution in [2.45, 2.75) is 77.0 Å². The Hall–Kier alpha value is -0.820. The quantitative estimate of drug-likeness (QED) is 0.169. The molecule has 0 aliphatic rings. The van der Waals surface area contributed by atoms with Gasteiger partial charge < -0.3 is 4.48 Å². The number of allylic oxidation sites excluding steroid dienone is 5. The molecule has 0 aromatic rings. The lowest BCUT2D eigenvalue weighted by Gasteiger charge is -2.23. The Labute approximate surface area is 146 Å². The molecule has 1 nitrogen and oxygen atoms in total. The maximum absolute atomic E-state index is 3.75. The molecule has 0 heterocycles. The smallest absolute Gasteiger partial charge is 0.0780 e. The molecule has 134 valence electrons. The summed E-state index contributed by atoms with van der Waals surface area (Å²) in [6.07, 6.45) is 27.0. The van der Waals surface area contributed by atoms with Crippen LogP contribution in [0.15, 0.2) is 37.0 Å². The van der Waals surface area contributed by atoms with Crippen molar-refractivity contribution in [1.82, 2.24) is 0 Å². The van der Waals surface area contributed by atoms with Crippen LogP contribution in [-0.4, -0.2) is 32.2 Å². The van der Waals surface area contributed by atoms with Gasteiger partial charge in [0.2, 0.25) is 0 Å². The number of unbranched alkanes of at least 4 members (excludes halogenated alkanes) is 9. The molecular weight excluding hydrogens is 278 g/mol. The SMILES string of the molecule is C=CCCCCC=CCCCCC=CCCCCC[N+](C)(C)C. The fourth-order valence-electron chi connectivity index (χ4n) is 2.57. The van der Waals surface area contributed by atoms with Crippen molar-refractivity contribution >= 4 is 0 Å². The van der Waals surface area contributed by atoms with Gasteiger partial charge in [-0.2, -0.15) is 0 Å². The minimum absolute atomic E-state index is 1.10. The highest BCUT2D eigenvalue weighted by atomic mass is 15.3. The molecule has 0 rings (SSSR count). The van der Waals surface area contributed by atoms with Crippen molar-refractivity contribution in [3.05, 3.63) is 37.0 Å². The van der Waals surface area contributed by atoms with E-state index in [0.29, 0.717) is 0 Å². The number of quaternary nitrogens is 1. The zero-order chi connectivity index (χ0) is 17.2. The number of hydrogen-bond donors (Lipinski definition) is 0. The summed E-state index contributed by atoms with van der Waals surface area (Å²) >= 11 is 0. The van der Waals surface area contributed by atoms with Gasteiger partial charge in [-0.15, -0.1) is 6.58 Å². The van der Waals surface area contributed by atoms with Crippen LogP contribution in [0.5, 0.6) is 0 Å². The van der Waals surface area contributed by atoms with Crippen LogP contribution in [0.2, 0.25) is 0 Å². The molecule has 0 atom stereocenters. The summed E-state index contributed by atoms with van der Waals surface area (Å²) in [5.74, 6) is 0. The predicted octanol–water partition coefficient (Wildman–Crippen LogP) is 6.67. The second kappa shape index (κ2) is 16.1. The largest absolute Gasteiger partial charge is 0.331 e. The molecular formula is C22H42N+. The van der Waals surface area contributed by atoms with Crippen LogP contribution in [0, 0.1) is 0 Å². The minimum atomic E-state index is 1.10. The third kappa shape index (κ3) is 21.2. The number of nitrogens with zero attached hydrogens (tertiary/aromatic N) is 1. The topological polar surface area (TPSA) is 0 Å². The third-order valence-electron chi connectivity index (χ3n) is 4.05. The van der Waals surface area contributed by atoms with Gasteiger partial charge in [0.15, 0.2) is 0 Å². The molecule has 0 amide bonds. The number of hydrogen-bond acceptors (Lipinski definition) is 0. The summed E-state index contributed by atoms with van der Waals surface area (Å²) in [6.45, 7) is 5.05. The summed E-state index contributed by atoms with van der Waals surface area (Å²) in [4.78, 5) is 0. The van der Waals surface area contributed by atoms with E-state index in [1.807, 2.05) is 6.08 Å². The lowest BCUT2D eigenvalue weighted by Crippen LogP contribution is -2.35. The summed E-state index contributed by atoms with van der Waals surface area (Å²) < 4.78 is 1.10. The zero-order valence-electron chi connectivity index (χ0n) is 16.2. The van der Waals surface area contributed by atoms with Gasteiger partial charge in [0.25, 0.3) is 0 Å². The van der Waals surface area contributed by atoms with Gasteiger partial charge in [-0.3, -0.25) is 0 Å². The summed E-state index contributed by atoms with van der Waals surface area (Å²) in [5, 5.41) is 0. The zero-order valence-corrected chi connectivity index (χ0v) is 16.2. The average Bonchev–Trinajstić information content (AvgIpc) is 2.49. The Balaban J connectivity index is 3.22. The van der Waals surface area contributed by atoms with Gasteiger partial charge >= 0.3 is 0 Å². The Morgan fingerprint density at radius 3 is 1.35 bits per heavy atom. The first-order chi connectivity index (χ1) is 11.1. The molecule has 0 unspecified atom stereocenters. The molecule has 0 aromatic carbocycles. The van der Waals surface area contributed by atoms with E-state index in [1.165, 1.54) is 77.2 Å². The van der Waals surface area contributed by atoms with E-state index < -0.39 is 0 Å².